The van der Waals surface area contributed by atoms with Gasteiger partial charge in [-0.15, -0.1) is 0 Å². The predicted octanol–water partition coefficient (Wildman–Crippen LogP) is 3.25. The summed E-state index contributed by atoms with van der Waals surface area (Å²) in [6.07, 6.45) is 1.23. The highest BCUT2D eigenvalue weighted by molar-refractivity contribution is 5.93. The number of hydrogen-bond donors (Lipinski definition) is 1. The molecule has 0 spiro atoms. The number of carbonyl (C=O) groups excluding carboxylic acids is 2. The number of hydrogen-bond acceptors (Lipinski definition) is 2. The lowest BCUT2D eigenvalue weighted by atomic mass is 9.85. The van der Waals surface area contributed by atoms with E-state index >= 15 is 0 Å². The van der Waals surface area contributed by atoms with Crippen molar-refractivity contribution < 1.29 is 9.59 Å². The summed E-state index contributed by atoms with van der Waals surface area (Å²) in [6.45, 7) is 11.0. The van der Waals surface area contributed by atoms with E-state index < -0.39 is 0 Å². The molecule has 0 bridgehead atoms. The first-order chi connectivity index (χ1) is 10.3. The summed E-state index contributed by atoms with van der Waals surface area (Å²) in [5.41, 5.74) is 1.94. The third-order valence-corrected chi connectivity index (χ3v) is 3.52. The number of rotatable bonds is 6. The molecule has 22 heavy (non-hydrogen) atoms. The van der Waals surface area contributed by atoms with Gasteiger partial charge in [0.2, 0.25) is 11.8 Å². The van der Waals surface area contributed by atoms with Crippen LogP contribution in [0.2, 0.25) is 0 Å². The Hall–Kier alpha value is -1.84. The molecule has 122 valence electrons. The summed E-state index contributed by atoms with van der Waals surface area (Å²) in [5, 5.41) is 2.85. The number of anilines is 1. The Morgan fingerprint density at radius 1 is 1.18 bits per heavy atom. The van der Waals surface area contributed by atoms with Crippen LogP contribution in [-0.4, -0.2) is 24.9 Å². The molecule has 1 rings (SSSR count). The summed E-state index contributed by atoms with van der Waals surface area (Å²) in [6, 6.07) is 7.91. The van der Waals surface area contributed by atoms with Gasteiger partial charge in [0.05, 0.1) is 0 Å². The van der Waals surface area contributed by atoms with Crippen LogP contribution in [-0.2, 0) is 15.0 Å². The summed E-state index contributed by atoms with van der Waals surface area (Å²) in [5.74, 6) is -0.0543. The molecule has 0 heterocycles. The average Bonchev–Trinajstić information content (AvgIpc) is 2.44. The van der Waals surface area contributed by atoms with Gasteiger partial charge < -0.3 is 10.2 Å². The molecule has 0 saturated carbocycles. The molecule has 0 aliphatic carbocycles. The SMILES string of the molecule is CCCNC(=O)CCN(C(C)=O)c1ccccc1C(C)(C)C. The van der Waals surface area contributed by atoms with Crippen molar-refractivity contribution in [2.24, 2.45) is 0 Å². The van der Waals surface area contributed by atoms with E-state index in [-0.39, 0.29) is 17.2 Å². The van der Waals surface area contributed by atoms with Crippen LogP contribution in [0.1, 0.15) is 53.0 Å². The molecule has 1 aromatic carbocycles. The molecule has 4 nitrogen and oxygen atoms in total. The smallest absolute Gasteiger partial charge is 0.223 e. The Labute approximate surface area is 133 Å². The summed E-state index contributed by atoms with van der Waals surface area (Å²) < 4.78 is 0. The maximum atomic E-state index is 12.0. The topological polar surface area (TPSA) is 49.4 Å². The largest absolute Gasteiger partial charge is 0.356 e. The third-order valence-electron chi connectivity index (χ3n) is 3.52. The summed E-state index contributed by atoms with van der Waals surface area (Å²) in [7, 11) is 0. The predicted molar refractivity (Wildman–Crippen MR) is 91.1 cm³/mol. The summed E-state index contributed by atoms with van der Waals surface area (Å²) in [4.78, 5) is 25.5. The van der Waals surface area contributed by atoms with E-state index in [1.165, 1.54) is 0 Å². The zero-order valence-electron chi connectivity index (χ0n) is 14.4. The first kappa shape index (κ1) is 18.2. The van der Waals surface area contributed by atoms with Gasteiger partial charge in [-0.3, -0.25) is 9.59 Å². The normalized spacial score (nSPS) is 11.1. The molecule has 0 radical (unpaired) electrons. The Kier molecular flexibility index (Phi) is 6.60. The lowest BCUT2D eigenvalue weighted by Crippen LogP contribution is -2.35. The fraction of sp³-hybridized carbons (Fsp3) is 0.556. The molecule has 0 aliphatic rings. The minimum Gasteiger partial charge on any atom is -0.356 e. The molecule has 1 N–H and O–H groups in total. The van der Waals surface area contributed by atoms with E-state index in [9.17, 15) is 9.59 Å². The highest BCUT2D eigenvalue weighted by Gasteiger charge is 2.23. The van der Waals surface area contributed by atoms with Gasteiger partial charge in [0.1, 0.15) is 0 Å². The van der Waals surface area contributed by atoms with Crippen LogP contribution >= 0.6 is 0 Å². The van der Waals surface area contributed by atoms with Gasteiger partial charge >= 0.3 is 0 Å². The van der Waals surface area contributed by atoms with Gasteiger partial charge in [0.15, 0.2) is 0 Å². The highest BCUT2D eigenvalue weighted by atomic mass is 16.2. The zero-order chi connectivity index (χ0) is 16.8. The number of nitrogens with zero attached hydrogens (tertiary/aromatic N) is 1. The maximum Gasteiger partial charge on any atom is 0.223 e. The molecular weight excluding hydrogens is 276 g/mol. The van der Waals surface area contributed by atoms with Crippen LogP contribution in [0.5, 0.6) is 0 Å². The monoisotopic (exact) mass is 304 g/mol. The number of para-hydroxylation sites is 1. The second-order valence-corrected chi connectivity index (χ2v) is 6.54. The minimum atomic E-state index is -0.0608. The fourth-order valence-corrected chi connectivity index (χ4v) is 2.36. The fourth-order valence-electron chi connectivity index (χ4n) is 2.36. The van der Waals surface area contributed by atoms with Crippen molar-refractivity contribution in [1.82, 2.24) is 5.32 Å². The number of benzene rings is 1. The molecule has 0 aromatic heterocycles. The molecule has 0 fully saturated rings. The molecule has 0 atom stereocenters. The molecule has 0 saturated heterocycles. The molecule has 0 aliphatic heterocycles. The van der Waals surface area contributed by atoms with Gasteiger partial charge in [-0.05, 0) is 23.5 Å². The minimum absolute atomic E-state index is 0.0126. The molecular formula is C18H28N2O2. The van der Waals surface area contributed by atoms with E-state index in [0.29, 0.717) is 19.5 Å². The average molecular weight is 304 g/mol. The van der Waals surface area contributed by atoms with E-state index in [4.69, 9.17) is 0 Å². The van der Waals surface area contributed by atoms with E-state index in [0.717, 1.165) is 17.7 Å². The van der Waals surface area contributed by atoms with E-state index in [1.54, 1.807) is 11.8 Å². The second kappa shape index (κ2) is 7.97. The molecule has 4 heteroatoms. The lowest BCUT2D eigenvalue weighted by molar-refractivity contribution is -0.121. The number of amides is 2. The quantitative estimate of drug-likeness (QED) is 0.877. The van der Waals surface area contributed by atoms with Crippen molar-refractivity contribution in [3.63, 3.8) is 0 Å². The maximum absolute atomic E-state index is 12.0. The highest BCUT2D eigenvalue weighted by Crippen LogP contribution is 2.32. The van der Waals surface area contributed by atoms with E-state index in [2.05, 4.69) is 26.1 Å². The Bertz CT molecular complexity index is 518. The standard InChI is InChI=1S/C18H28N2O2/c1-6-12-19-17(22)11-13-20(14(2)21)16-10-8-7-9-15(16)18(3,4)5/h7-10H,6,11-13H2,1-5H3,(H,19,22). The summed E-state index contributed by atoms with van der Waals surface area (Å²) >= 11 is 0. The molecule has 0 unspecified atom stereocenters. The Morgan fingerprint density at radius 3 is 2.36 bits per heavy atom. The van der Waals surface area contributed by atoms with Crippen molar-refractivity contribution in [3.8, 4) is 0 Å². The van der Waals surface area contributed by atoms with Crippen LogP contribution in [0.15, 0.2) is 24.3 Å². The second-order valence-electron chi connectivity index (χ2n) is 6.54. The van der Waals surface area contributed by atoms with Crippen LogP contribution in [0.25, 0.3) is 0 Å². The number of carbonyl (C=O) groups is 2. The van der Waals surface area contributed by atoms with Crippen LogP contribution < -0.4 is 10.2 Å². The zero-order valence-corrected chi connectivity index (χ0v) is 14.4. The van der Waals surface area contributed by atoms with Crippen molar-refractivity contribution >= 4 is 17.5 Å². The van der Waals surface area contributed by atoms with Gasteiger partial charge in [0, 0.05) is 32.1 Å². The Morgan fingerprint density at radius 2 is 1.82 bits per heavy atom. The Balaban J connectivity index is 2.93. The van der Waals surface area contributed by atoms with Gasteiger partial charge in [-0.25, -0.2) is 0 Å². The lowest BCUT2D eigenvalue weighted by Gasteiger charge is -2.29. The van der Waals surface area contributed by atoms with Crippen LogP contribution in [0.3, 0.4) is 0 Å². The number of nitrogens with one attached hydrogen (secondary N) is 1. The van der Waals surface area contributed by atoms with Crippen molar-refractivity contribution in [2.45, 2.75) is 52.9 Å². The van der Waals surface area contributed by atoms with Crippen molar-refractivity contribution in [1.29, 1.82) is 0 Å². The van der Waals surface area contributed by atoms with Crippen molar-refractivity contribution in [2.75, 3.05) is 18.0 Å². The third kappa shape index (κ3) is 5.17. The van der Waals surface area contributed by atoms with Crippen LogP contribution in [0, 0.1) is 0 Å². The molecule has 2 amide bonds. The van der Waals surface area contributed by atoms with Gasteiger partial charge in [-0.1, -0.05) is 45.9 Å². The van der Waals surface area contributed by atoms with Gasteiger partial charge in [-0.2, -0.15) is 0 Å². The molecule has 1 aromatic rings. The first-order valence-corrected chi connectivity index (χ1v) is 7.91. The van der Waals surface area contributed by atoms with Crippen molar-refractivity contribution in [3.05, 3.63) is 29.8 Å². The van der Waals surface area contributed by atoms with Crippen LogP contribution in [0.4, 0.5) is 5.69 Å². The first-order valence-electron chi connectivity index (χ1n) is 7.91. The van der Waals surface area contributed by atoms with Gasteiger partial charge in [0.25, 0.3) is 0 Å². The van der Waals surface area contributed by atoms with E-state index in [1.807, 2.05) is 31.2 Å².